The number of benzene rings is 2. The van der Waals surface area contributed by atoms with Gasteiger partial charge in [-0.05, 0) is 60.0 Å². The lowest BCUT2D eigenvalue weighted by Gasteiger charge is -2.14. The lowest BCUT2D eigenvalue weighted by atomic mass is 10.0. The lowest BCUT2D eigenvalue weighted by molar-refractivity contribution is 0.139. The van der Waals surface area contributed by atoms with E-state index in [2.05, 4.69) is 4.98 Å². The van der Waals surface area contributed by atoms with Gasteiger partial charge in [0, 0.05) is 22.9 Å². The summed E-state index contributed by atoms with van der Waals surface area (Å²) < 4.78 is 32.6. The number of aromatic nitrogens is 1. The molecule has 0 saturated carbocycles. The number of rotatable bonds is 6. The molecule has 0 aliphatic carbocycles. The molecule has 1 amide bonds. The SMILES string of the molecule is CC[C@H]1CN(c2ccc(-c3ccc(S(=O)Cc4ccncc4)cc3)c(F)c2)C(=O)O1. The molecule has 0 radical (unpaired) electrons. The molecule has 1 aromatic heterocycles. The lowest BCUT2D eigenvalue weighted by Crippen LogP contribution is -2.24. The molecule has 1 aliphatic heterocycles. The van der Waals surface area contributed by atoms with Gasteiger partial charge in [-0.25, -0.2) is 9.18 Å². The third-order valence-corrected chi connectivity index (χ3v) is 6.46. The Balaban J connectivity index is 1.50. The Morgan fingerprint density at radius 2 is 1.87 bits per heavy atom. The molecule has 5 nitrogen and oxygen atoms in total. The normalized spacial score (nSPS) is 17.1. The van der Waals surface area contributed by atoms with E-state index < -0.39 is 22.7 Å². The number of carbonyl (C=O) groups excluding carboxylic acids is 1. The summed E-state index contributed by atoms with van der Waals surface area (Å²) in [6.45, 7) is 2.37. The molecule has 1 unspecified atom stereocenters. The van der Waals surface area contributed by atoms with Crippen molar-refractivity contribution in [2.75, 3.05) is 11.4 Å². The van der Waals surface area contributed by atoms with Crippen LogP contribution in [0.4, 0.5) is 14.9 Å². The highest BCUT2D eigenvalue weighted by Crippen LogP contribution is 2.30. The van der Waals surface area contributed by atoms with Crippen LogP contribution in [0.3, 0.4) is 0 Å². The van der Waals surface area contributed by atoms with Crippen molar-refractivity contribution >= 4 is 22.6 Å². The van der Waals surface area contributed by atoms with Crippen LogP contribution in [0.5, 0.6) is 0 Å². The predicted molar refractivity (Wildman–Crippen MR) is 114 cm³/mol. The molecule has 1 fully saturated rings. The maximum atomic E-state index is 14.8. The Kier molecular flexibility index (Phi) is 5.90. The summed E-state index contributed by atoms with van der Waals surface area (Å²) in [7, 11) is -1.20. The summed E-state index contributed by atoms with van der Waals surface area (Å²) in [5.74, 6) is -0.0267. The van der Waals surface area contributed by atoms with Crippen molar-refractivity contribution in [1.29, 1.82) is 0 Å². The van der Waals surface area contributed by atoms with Crippen molar-refractivity contribution < 1.29 is 18.1 Å². The number of halogens is 1. The Bertz CT molecular complexity index is 1070. The number of hydrogen-bond donors (Lipinski definition) is 0. The molecule has 2 atom stereocenters. The highest BCUT2D eigenvalue weighted by molar-refractivity contribution is 7.84. The van der Waals surface area contributed by atoms with Crippen molar-refractivity contribution in [2.24, 2.45) is 0 Å². The maximum Gasteiger partial charge on any atom is 0.414 e. The first kappa shape index (κ1) is 20.2. The van der Waals surface area contributed by atoms with E-state index in [1.165, 1.54) is 11.0 Å². The molecule has 2 heterocycles. The fourth-order valence-electron chi connectivity index (χ4n) is 3.35. The van der Waals surface area contributed by atoms with Crippen LogP contribution in [0.15, 0.2) is 71.9 Å². The first-order valence-corrected chi connectivity index (χ1v) is 11.0. The summed E-state index contributed by atoms with van der Waals surface area (Å²) in [5, 5.41) is 0. The molecule has 4 rings (SSSR count). The van der Waals surface area contributed by atoms with Crippen molar-refractivity contribution in [1.82, 2.24) is 4.98 Å². The van der Waals surface area contributed by atoms with Crippen LogP contribution >= 0.6 is 0 Å². The number of hydrogen-bond acceptors (Lipinski definition) is 4. The van der Waals surface area contributed by atoms with Gasteiger partial charge in [0.25, 0.3) is 0 Å². The van der Waals surface area contributed by atoms with E-state index in [0.29, 0.717) is 34.0 Å². The van der Waals surface area contributed by atoms with Gasteiger partial charge in [-0.15, -0.1) is 0 Å². The third-order valence-electron chi connectivity index (χ3n) is 5.07. The Morgan fingerprint density at radius 1 is 1.13 bits per heavy atom. The van der Waals surface area contributed by atoms with E-state index in [1.807, 2.05) is 19.1 Å². The minimum atomic E-state index is -1.20. The zero-order valence-electron chi connectivity index (χ0n) is 16.5. The van der Waals surface area contributed by atoms with Crippen LogP contribution in [0.25, 0.3) is 11.1 Å². The van der Waals surface area contributed by atoms with Gasteiger partial charge in [0.2, 0.25) is 0 Å². The standard InChI is InChI=1S/C23H21FN2O3S/c1-2-19-14-26(23(27)29-19)18-5-8-21(22(24)13-18)17-3-6-20(7-4-17)30(28)15-16-9-11-25-12-10-16/h3-13,19H,2,14-15H2,1H3/t19-,30?/m0/s1. The van der Waals surface area contributed by atoms with Gasteiger partial charge in [-0.1, -0.05) is 19.1 Å². The van der Waals surface area contributed by atoms with Crippen LogP contribution in [0, 0.1) is 5.82 Å². The molecule has 0 N–H and O–H groups in total. The molecule has 1 saturated heterocycles. The summed E-state index contributed by atoms with van der Waals surface area (Å²) in [5.41, 5.74) is 2.52. The summed E-state index contributed by atoms with van der Waals surface area (Å²) in [6, 6.07) is 15.4. The number of pyridine rings is 1. The number of anilines is 1. The van der Waals surface area contributed by atoms with Gasteiger partial charge in [0.15, 0.2) is 0 Å². The van der Waals surface area contributed by atoms with E-state index >= 15 is 0 Å². The fraction of sp³-hybridized carbons (Fsp3) is 0.217. The van der Waals surface area contributed by atoms with Crippen molar-refractivity contribution in [3.63, 3.8) is 0 Å². The number of ether oxygens (including phenoxy) is 1. The number of cyclic esters (lactones) is 1. The molecule has 30 heavy (non-hydrogen) atoms. The molecular weight excluding hydrogens is 403 g/mol. The number of carbonyl (C=O) groups is 1. The fourth-order valence-corrected chi connectivity index (χ4v) is 4.45. The highest BCUT2D eigenvalue weighted by Gasteiger charge is 2.31. The average Bonchev–Trinajstić information content (AvgIpc) is 3.15. The first-order chi connectivity index (χ1) is 14.5. The maximum absolute atomic E-state index is 14.8. The summed E-state index contributed by atoms with van der Waals surface area (Å²) >= 11 is 0. The van der Waals surface area contributed by atoms with Crippen molar-refractivity contribution in [2.45, 2.75) is 30.1 Å². The summed E-state index contributed by atoms with van der Waals surface area (Å²) in [6.07, 6.45) is 3.45. The Morgan fingerprint density at radius 3 is 2.50 bits per heavy atom. The Hall–Kier alpha value is -3.06. The smallest absolute Gasteiger partial charge is 0.414 e. The van der Waals surface area contributed by atoms with Crippen LogP contribution in [0.1, 0.15) is 18.9 Å². The third kappa shape index (κ3) is 4.26. The second kappa shape index (κ2) is 8.75. The predicted octanol–water partition coefficient (Wildman–Crippen LogP) is 4.93. The second-order valence-electron chi connectivity index (χ2n) is 7.06. The minimum Gasteiger partial charge on any atom is -0.444 e. The van der Waals surface area contributed by atoms with Crippen molar-refractivity contribution in [3.05, 3.63) is 78.4 Å². The van der Waals surface area contributed by atoms with Gasteiger partial charge in [-0.3, -0.25) is 14.1 Å². The molecule has 7 heteroatoms. The number of amides is 1. The van der Waals surface area contributed by atoms with Crippen molar-refractivity contribution in [3.8, 4) is 11.1 Å². The molecule has 0 spiro atoms. The monoisotopic (exact) mass is 424 g/mol. The second-order valence-corrected chi connectivity index (χ2v) is 8.51. The van der Waals surface area contributed by atoms with E-state index in [4.69, 9.17) is 4.74 Å². The zero-order valence-corrected chi connectivity index (χ0v) is 17.3. The highest BCUT2D eigenvalue weighted by atomic mass is 32.2. The number of nitrogens with zero attached hydrogens (tertiary/aromatic N) is 2. The van der Waals surface area contributed by atoms with Gasteiger partial charge in [0.1, 0.15) is 11.9 Å². The minimum absolute atomic E-state index is 0.166. The van der Waals surface area contributed by atoms with Crippen LogP contribution in [-0.2, 0) is 21.3 Å². The van der Waals surface area contributed by atoms with Gasteiger partial charge in [0.05, 0.1) is 28.8 Å². The largest absolute Gasteiger partial charge is 0.444 e. The van der Waals surface area contributed by atoms with Crippen LogP contribution < -0.4 is 4.90 Å². The van der Waals surface area contributed by atoms with Gasteiger partial charge in [-0.2, -0.15) is 0 Å². The topological polar surface area (TPSA) is 59.5 Å². The van der Waals surface area contributed by atoms with E-state index in [9.17, 15) is 13.4 Å². The van der Waals surface area contributed by atoms with E-state index in [1.54, 1.807) is 48.8 Å². The molecule has 0 bridgehead atoms. The molecule has 2 aromatic carbocycles. The molecule has 3 aromatic rings. The Labute approximate surface area is 177 Å². The summed E-state index contributed by atoms with van der Waals surface area (Å²) in [4.78, 5) is 18.1. The quantitative estimate of drug-likeness (QED) is 0.563. The van der Waals surface area contributed by atoms with Gasteiger partial charge < -0.3 is 4.74 Å². The zero-order chi connectivity index (χ0) is 21.1. The van der Waals surface area contributed by atoms with Crippen LogP contribution in [0.2, 0.25) is 0 Å². The average molecular weight is 424 g/mol. The van der Waals surface area contributed by atoms with Gasteiger partial charge >= 0.3 is 6.09 Å². The molecule has 1 aliphatic rings. The molecule has 154 valence electrons. The molecular formula is C23H21FN2O3S. The first-order valence-electron chi connectivity index (χ1n) is 9.70. The van der Waals surface area contributed by atoms with E-state index in [-0.39, 0.29) is 6.10 Å². The van der Waals surface area contributed by atoms with Crippen LogP contribution in [-0.4, -0.2) is 27.9 Å². The van der Waals surface area contributed by atoms with E-state index in [0.717, 1.165) is 12.0 Å².